The number of alkyl halides is 2. The van der Waals surface area contributed by atoms with Crippen LogP contribution < -0.4 is 5.32 Å². The number of nitrogens with one attached hydrogen (secondary N) is 1. The van der Waals surface area contributed by atoms with E-state index in [1.54, 1.807) is 12.4 Å². The van der Waals surface area contributed by atoms with Crippen LogP contribution in [-0.4, -0.2) is 62.2 Å². The van der Waals surface area contributed by atoms with Crippen molar-refractivity contribution in [1.82, 2.24) is 29.5 Å². The summed E-state index contributed by atoms with van der Waals surface area (Å²) in [5.41, 5.74) is 4.15. The predicted octanol–water partition coefficient (Wildman–Crippen LogP) is 4.54. The molecule has 1 N–H and O–H groups in total. The molecule has 3 aromatic heterocycles. The lowest BCUT2D eigenvalue weighted by atomic mass is 9.89. The molecule has 1 aliphatic carbocycles. The van der Waals surface area contributed by atoms with Crippen LogP contribution in [0.4, 0.5) is 14.6 Å². The number of hydrogen-bond donors (Lipinski definition) is 1. The molecular formula is C28H31F2N7O2. The van der Waals surface area contributed by atoms with Gasteiger partial charge in [-0.2, -0.15) is 0 Å². The van der Waals surface area contributed by atoms with E-state index in [-0.39, 0.29) is 36.5 Å². The van der Waals surface area contributed by atoms with Crippen LogP contribution in [0.25, 0.3) is 16.7 Å². The van der Waals surface area contributed by atoms with Crippen molar-refractivity contribution in [2.75, 3.05) is 32.1 Å². The van der Waals surface area contributed by atoms with Gasteiger partial charge < -0.3 is 15.0 Å². The van der Waals surface area contributed by atoms with E-state index >= 15 is 0 Å². The van der Waals surface area contributed by atoms with Crippen LogP contribution in [0.3, 0.4) is 0 Å². The Labute approximate surface area is 224 Å². The Morgan fingerprint density at radius 1 is 1.23 bits per heavy atom. The molecule has 4 heterocycles. The van der Waals surface area contributed by atoms with Crippen LogP contribution in [0.1, 0.15) is 66.2 Å². The SMILES string of the molecule is COCC(=O)N1CCC(c2cc3c(N[C@H](C)c4cccc5c4CCC5(F)F)nc(C)nc3n3cnnc23)CC1. The number of amides is 1. The Bertz CT molecular complexity index is 1560. The third kappa shape index (κ3) is 4.48. The molecule has 11 heteroatoms. The molecule has 39 heavy (non-hydrogen) atoms. The number of pyridine rings is 1. The number of aromatic nitrogens is 5. The monoisotopic (exact) mass is 535 g/mol. The maximum atomic E-state index is 14.4. The van der Waals surface area contributed by atoms with Gasteiger partial charge in [0.25, 0.3) is 5.92 Å². The van der Waals surface area contributed by atoms with Crippen molar-refractivity contribution in [3.05, 3.63) is 58.7 Å². The molecular weight excluding hydrogens is 504 g/mol. The largest absolute Gasteiger partial charge is 0.375 e. The van der Waals surface area contributed by atoms with Crippen molar-refractivity contribution in [1.29, 1.82) is 0 Å². The van der Waals surface area contributed by atoms with E-state index in [2.05, 4.69) is 21.6 Å². The van der Waals surface area contributed by atoms with Crippen LogP contribution >= 0.6 is 0 Å². The molecule has 0 spiro atoms. The average Bonchev–Trinajstić information content (AvgIpc) is 3.53. The minimum absolute atomic E-state index is 0.00315. The number of likely N-dealkylation sites (tertiary alicyclic amines) is 1. The highest BCUT2D eigenvalue weighted by molar-refractivity contribution is 5.90. The van der Waals surface area contributed by atoms with Gasteiger partial charge in [-0.15, -0.1) is 10.2 Å². The number of nitrogens with zero attached hydrogens (tertiary/aromatic N) is 6. The molecule has 6 rings (SSSR count). The zero-order valence-electron chi connectivity index (χ0n) is 22.2. The molecule has 1 saturated heterocycles. The van der Waals surface area contributed by atoms with Crippen molar-refractivity contribution >= 4 is 28.4 Å². The number of methoxy groups -OCH3 is 1. The molecule has 9 nitrogen and oxygen atoms in total. The second-order valence-corrected chi connectivity index (χ2v) is 10.5. The van der Waals surface area contributed by atoms with Crippen molar-refractivity contribution in [2.45, 2.75) is 57.4 Å². The van der Waals surface area contributed by atoms with Gasteiger partial charge in [-0.25, -0.2) is 18.7 Å². The third-order valence-electron chi connectivity index (χ3n) is 8.04. The smallest absolute Gasteiger partial charge is 0.273 e. The topological polar surface area (TPSA) is 97.5 Å². The summed E-state index contributed by atoms with van der Waals surface area (Å²) in [6.07, 6.45) is 3.43. The average molecular weight is 536 g/mol. The Hall–Kier alpha value is -3.73. The van der Waals surface area contributed by atoms with E-state index in [1.807, 2.05) is 29.2 Å². The Morgan fingerprint density at radius 3 is 2.79 bits per heavy atom. The minimum atomic E-state index is -2.79. The quantitative estimate of drug-likeness (QED) is 0.387. The first-order valence-corrected chi connectivity index (χ1v) is 13.3. The lowest BCUT2D eigenvalue weighted by molar-refractivity contribution is -0.136. The van der Waals surface area contributed by atoms with Crippen LogP contribution in [-0.2, 0) is 21.9 Å². The van der Waals surface area contributed by atoms with Gasteiger partial charge in [0, 0.05) is 37.7 Å². The fraction of sp³-hybridized carbons (Fsp3) is 0.464. The lowest BCUT2D eigenvalue weighted by Crippen LogP contribution is -2.39. The second-order valence-electron chi connectivity index (χ2n) is 10.5. The Morgan fingerprint density at radius 2 is 2.03 bits per heavy atom. The maximum Gasteiger partial charge on any atom is 0.273 e. The first-order valence-electron chi connectivity index (χ1n) is 13.3. The molecule has 204 valence electrons. The Balaban J connectivity index is 1.37. The minimum Gasteiger partial charge on any atom is -0.375 e. The summed E-state index contributed by atoms with van der Waals surface area (Å²) in [4.78, 5) is 23.6. The number of benzene rings is 1. The second kappa shape index (κ2) is 9.78. The number of rotatable bonds is 6. The van der Waals surface area contributed by atoms with E-state index in [1.165, 1.54) is 13.2 Å². The number of hydrogen-bond acceptors (Lipinski definition) is 7. The molecule has 1 atom stereocenters. The van der Waals surface area contributed by atoms with Gasteiger partial charge >= 0.3 is 0 Å². The fourth-order valence-corrected chi connectivity index (χ4v) is 6.09. The van der Waals surface area contributed by atoms with E-state index in [9.17, 15) is 13.6 Å². The molecule has 0 radical (unpaired) electrons. The predicted molar refractivity (Wildman–Crippen MR) is 142 cm³/mol. The van der Waals surface area contributed by atoms with Crippen LogP contribution in [0.5, 0.6) is 0 Å². The molecule has 1 fully saturated rings. The number of aryl methyl sites for hydroxylation is 1. The van der Waals surface area contributed by atoms with Gasteiger partial charge in [0.2, 0.25) is 5.91 Å². The summed E-state index contributed by atoms with van der Waals surface area (Å²) in [6, 6.07) is 6.98. The van der Waals surface area contributed by atoms with Crippen molar-refractivity contribution in [3.8, 4) is 0 Å². The number of carbonyl (C=O) groups is 1. The van der Waals surface area contributed by atoms with Gasteiger partial charge in [-0.05, 0) is 56.2 Å². The molecule has 0 unspecified atom stereocenters. The first kappa shape index (κ1) is 25.5. The summed E-state index contributed by atoms with van der Waals surface area (Å²) in [6.45, 7) is 5.16. The van der Waals surface area contributed by atoms with Gasteiger partial charge in [0.1, 0.15) is 24.6 Å². The van der Waals surface area contributed by atoms with Crippen LogP contribution in [0.15, 0.2) is 30.6 Å². The fourth-order valence-electron chi connectivity index (χ4n) is 6.09. The zero-order valence-corrected chi connectivity index (χ0v) is 22.2. The molecule has 4 aromatic rings. The van der Waals surface area contributed by atoms with Gasteiger partial charge in [0.05, 0.1) is 11.4 Å². The number of anilines is 1. The summed E-state index contributed by atoms with van der Waals surface area (Å²) in [7, 11) is 1.53. The molecule has 0 saturated carbocycles. The first-order chi connectivity index (χ1) is 18.8. The van der Waals surface area contributed by atoms with E-state index in [0.29, 0.717) is 42.4 Å². The maximum absolute atomic E-state index is 14.4. The van der Waals surface area contributed by atoms with Crippen molar-refractivity contribution in [3.63, 3.8) is 0 Å². The van der Waals surface area contributed by atoms with Gasteiger partial charge in [0.15, 0.2) is 11.3 Å². The summed E-state index contributed by atoms with van der Waals surface area (Å²) >= 11 is 0. The molecule has 0 bridgehead atoms. The zero-order chi connectivity index (χ0) is 27.3. The van der Waals surface area contributed by atoms with Crippen LogP contribution in [0.2, 0.25) is 0 Å². The highest BCUT2D eigenvalue weighted by atomic mass is 19.3. The van der Waals surface area contributed by atoms with Crippen LogP contribution in [0, 0.1) is 6.92 Å². The van der Waals surface area contributed by atoms with E-state index in [0.717, 1.165) is 35.0 Å². The number of halogens is 2. The molecule has 1 aromatic carbocycles. The van der Waals surface area contributed by atoms with Crippen molar-refractivity contribution in [2.24, 2.45) is 0 Å². The van der Waals surface area contributed by atoms with E-state index in [4.69, 9.17) is 14.7 Å². The molecule has 1 amide bonds. The third-order valence-corrected chi connectivity index (χ3v) is 8.04. The highest BCUT2D eigenvalue weighted by Crippen LogP contribution is 2.44. The summed E-state index contributed by atoms with van der Waals surface area (Å²) in [5, 5.41) is 12.9. The normalized spacial score (nSPS) is 18.0. The molecule has 2 aliphatic rings. The standard InChI is InChI=1S/C28H31F2N7O2/c1-16(19-5-4-6-23-20(19)7-10-28(23,29)30)32-25-22-13-21(18-8-11-36(12-9-18)24(38)14-39-3)27-35-31-15-37(27)26(22)34-17(2)33-25/h4-6,13,15-16,18H,7-12,14H2,1-3H3,(H,32,33,34)/t16-/m1/s1. The summed E-state index contributed by atoms with van der Waals surface area (Å²) in [5.74, 6) is -1.40. The lowest BCUT2D eigenvalue weighted by Gasteiger charge is -2.32. The number of piperidine rings is 1. The van der Waals surface area contributed by atoms with Gasteiger partial charge in [-0.1, -0.05) is 18.2 Å². The number of ether oxygens (including phenoxy) is 1. The van der Waals surface area contributed by atoms with Gasteiger partial charge in [-0.3, -0.25) is 9.20 Å². The number of fused-ring (bicyclic) bond motifs is 4. The number of carbonyl (C=O) groups excluding carboxylic acids is 1. The van der Waals surface area contributed by atoms with Crippen molar-refractivity contribution < 1.29 is 18.3 Å². The van der Waals surface area contributed by atoms with E-state index < -0.39 is 5.92 Å². The highest BCUT2D eigenvalue weighted by Gasteiger charge is 2.40. The summed E-state index contributed by atoms with van der Waals surface area (Å²) < 4.78 is 35.8. The molecule has 1 aliphatic heterocycles. The Kier molecular flexibility index (Phi) is 6.41.